The molecule has 1 aromatic carbocycles. The van der Waals surface area contributed by atoms with Crippen molar-refractivity contribution in [3.8, 4) is 22.8 Å². The topological polar surface area (TPSA) is 59.5 Å². The summed E-state index contributed by atoms with van der Waals surface area (Å²) in [6.45, 7) is 3.90. The highest BCUT2D eigenvalue weighted by Gasteiger charge is 2.13. The van der Waals surface area contributed by atoms with E-state index in [1.807, 2.05) is 30.3 Å². The van der Waals surface area contributed by atoms with Gasteiger partial charge in [-0.2, -0.15) is 0 Å². The fourth-order valence-corrected chi connectivity index (χ4v) is 2.54. The van der Waals surface area contributed by atoms with Crippen molar-refractivity contribution in [2.45, 2.75) is 0 Å². The van der Waals surface area contributed by atoms with Crippen LogP contribution in [0.4, 0.5) is 5.82 Å². The van der Waals surface area contributed by atoms with Crippen molar-refractivity contribution in [1.29, 1.82) is 0 Å². The Morgan fingerprint density at radius 3 is 2.36 bits per heavy atom. The second-order valence-electron chi connectivity index (χ2n) is 5.08. The van der Waals surface area contributed by atoms with Crippen LogP contribution in [0.25, 0.3) is 11.3 Å². The van der Waals surface area contributed by atoms with Gasteiger partial charge in [0.15, 0.2) is 17.3 Å². The van der Waals surface area contributed by atoms with Gasteiger partial charge in [0.2, 0.25) is 0 Å². The monoisotopic (exact) mass is 300 g/mol. The second-order valence-corrected chi connectivity index (χ2v) is 5.08. The molecule has 116 valence electrons. The Morgan fingerprint density at radius 2 is 1.73 bits per heavy atom. The highest BCUT2D eigenvalue weighted by atomic mass is 16.5. The fraction of sp³-hybridized carbons (Fsp3) is 0.375. The van der Waals surface area contributed by atoms with Crippen LogP contribution >= 0.6 is 0 Å². The van der Waals surface area contributed by atoms with Crippen LogP contribution in [0.3, 0.4) is 0 Å². The standard InChI is InChI=1S/C16H20N4O2/c1-21-14-5-3-12(11-15(14)22-2)13-4-6-16(19-18-13)20-9-7-17-8-10-20/h3-6,11,17H,7-10H2,1-2H3. The summed E-state index contributed by atoms with van der Waals surface area (Å²) in [4.78, 5) is 2.24. The summed E-state index contributed by atoms with van der Waals surface area (Å²) in [7, 11) is 3.25. The molecule has 1 aliphatic heterocycles. The molecule has 1 aliphatic rings. The molecule has 0 bridgehead atoms. The molecule has 6 nitrogen and oxygen atoms in total. The third kappa shape index (κ3) is 2.96. The van der Waals surface area contributed by atoms with Gasteiger partial charge in [0.05, 0.1) is 19.9 Å². The Kier molecular flexibility index (Phi) is 4.39. The van der Waals surface area contributed by atoms with Gasteiger partial charge in [0.25, 0.3) is 0 Å². The van der Waals surface area contributed by atoms with E-state index in [1.54, 1.807) is 14.2 Å². The third-order valence-electron chi connectivity index (χ3n) is 3.77. The van der Waals surface area contributed by atoms with E-state index in [-0.39, 0.29) is 0 Å². The van der Waals surface area contributed by atoms with E-state index < -0.39 is 0 Å². The van der Waals surface area contributed by atoms with Crippen molar-refractivity contribution in [1.82, 2.24) is 15.5 Å². The van der Waals surface area contributed by atoms with Gasteiger partial charge in [0.1, 0.15) is 0 Å². The molecule has 0 aliphatic carbocycles. The summed E-state index contributed by atoms with van der Waals surface area (Å²) in [6.07, 6.45) is 0. The van der Waals surface area contributed by atoms with E-state index >= 15 is 0 Å². The molecule has 1 N–H and O–H groups in total. The maximum atomic E-state index is 5.33. The van der Waals surface area contributed by atoms with Crippen LogP contribution in [-0.2, 0) is 0 Å². The van der Waals surface area contributed by atoms with Gasteiger partial charge in [-0.15, -0.1) is 10.2 Å². The predicted molar refractivity (Wildman–Crippen MR) is 85.7 cm³/mol. The minimum Gasteiger partial charge on any atom is -0.493 e. The number of ether oxygens (including phenoxy) is 2. The molecule has 22 heavy (non-hydrogen) atoms. The maximum Gasteiger partial charge on any atom is 0.161 e. The van der Waals surface area contributed by atoms with E-state index in [2.05, 4.69) is 20.4 Å². The molecule has 0 amide bonds. The number of piperazine rings is 1. The molecule has 2 heterocycles. The second kappa shape index (κ2) is 6.62. The normalized spacial score (nSPS) is 14.7. The molecule has 1 saturated heterocycles. The molecule has 1 fully saturated rings. The number of rotatable bonds is 4. The Morgan fingerprint density at radius 1 is 0.955 bits per heavy atom. The zero-order chi connectivity index (χ0) is 15.4. The Balaban J connectivity index is 1.83. The molecule has 0 unspecified atom stereocenters. The van der Waals surface area contributed by atoms with E-state index in [1.165, 1.54) is 0 Å². The SMILES string of the molecule is COc1ccc(-c2ccc(N3CCNCC3)nn2)cc1OC. The van der Waals surface area contributed by atoms with Gasteiger partial charge < -0.3 is 19.7 Å². The van der Waals surface area contributed by atoms with Gasteiger partial charge in [-0.3, -0.25) is 0 Å². The van der Waals surface area contributed by atoms with Crippen LogP contribution in [0.15, 0.2) is 30.3 Å². The van der Waals surface area contributed by atoms with E-state index in [0.29, 0.717) is 11.5 Å². The lowest BCUT2D eigenvalue weighted by Crippen LogP contribution is -2.43. The van der Waals surface area contributed by atoms with Gasteiger partial charge in [0, 0.05) is 31.7 Å². The zero-order valence-corrected chi connectivity index (χ0v) is 12.9. The molecule has 0 spiro atoms. The minimum atomic E-state index is 0.688. The van der Waals surface area contributed by atoms with Crippen LogP contribution in [0.2, 0.25) is 0 Å². The van der Waals surface area contributed by atoms with Gasteiger partial charge >= 0.3 is 0 Å². The van der Waals surface area contributed by atoms with Gasteiger partial charge in [-0.05, 0) is 30.3 Å². The lowest BCUT2D eigenvalue weighted by Gasteiger charge is -2.27. The number of benzene rings is 1. The number of nitrogens with zero attached hydrogens (tertiary/aromatic N) is 3. The first kappa shape index (κ1) is 14.6. The van der Waals surface area contributed by atoms with Crippen molar-refractivity contribution >= 4 is 5.82 Å². The summed E-state index contributed by atoms with van der Waals surface area (Å²) >= 11 is 0. The Bertz CT molecular complexity index is 625. The third-order valence-corrected chi connectivity index (χ3v) is 3.77. The largest absolute Gasteiger partial charge is 0.493 e. The molecule has 3 rings (SSSR count). The van der Waals surface area contributed by atoms with Gasteiger partial charge in [-0.1, -0.05) is 0 Å². The number of nitrogens with one attached hydrogen (secondary N) is 1. The first-order valence-electron chi connectivity index (χ1n) is 7.33. The average Bonchev–Trinajstić information content (AvgIpc) is 2.62. The van der Waals surface area contributed by atoms with Crippen LogP contribution in [0.1, 0.15) is 0 Å². The summed E-state index contributed by atoms with van der Waals surface area (Å²) in [5.41, 5.74) is 1.77. The van der Waals surface area contributed by atoms with E-state index in [4.69, 9.17) is 9.47 Å². The number of anilines is 1. The first-order chi connectivity index (χ1) is 10.8. The Hall–Kier alpha value is -2.34. The summed E-state index contributed by atoms with van der Waals surface area (Å²) < 4.78 is 10.6. The maximum absolute atomic E-state index is 5.33. The summed E-state index contributed by atoms with van der Waals surface area (Å²) in [6, 6.07) is 9.75. The lowest BCUT2D eigenvalue weighted by molar-refractivity contribution is 0.355. The number of methoxy groups -OCH3 is 2. The van der Waals surface area contributed by atoms with E-state index in [9.17, 15) is 0 Å². The first-order valence-corrected chi connectivity index (χ1v) is 7.33. The van der Waals surface area contributed by atoms with Crippen LogP contribution in [0.5, 0.6) is 11.5 Å². The molecule has 0 radical (unpaired) electrons. The van der Waals surface area contributed by atoms with Crippen molar-refractivity contribution in [2.24, 2.45) is 0 Å². The molecule has 0 saturated carbocycles. The molecule has 1 aromatic heterocycles. The fourth-order valence-electron chi connectivity index (χ4n) is 2.54. The quantitative estimate of drug-likeness (QED) is 0.925. The number of hydrogen-bond acceptors (Lipinski definition) is 6. The zero-order valence-electron chi connectivity index (χ0n) is 12.9. The van der Waals surface area contributed by atoms with Gasteiger partial charge in [-0.25, -0.2) is 0 Å². The summed E-state index contributed by atoms with van der Waals surface area (Å²) in [5.74, 6) is 2.32. The lowest BCUT2D eigenvalue weighted by atomic mass is 10.1. The van der Waals surface area contributed by atoms with E-state index in [0.717, 1.165) is 43.3 Å². The molecule has 0 atom stereocenters. The predicted octanol–water partition coefficient (Wildman–Crippen LogP) is 1.57. The van der Waals surface area contributed by atoms with Crippen molar-refractivity contribution in [3.63, 3.8) is 0 Å². The molecule has 6 heteroatoms. The minimum absolute atomic E-state index is 0.688. The molecule has 2 aromatic rings. The number of aromatic nitrogens is 2. The molecular weight excluding hydrogens is 280 g/mol. The molecular formula is C16H20N4O2. The average molecular weight is 300 g/mol. The highest BCUT2D eigenvalue weighted by molar-refractivity contribution is 5.64. The van der Waals surface area contributed by atoms with Crippen LogP contribution < -0.4 is 19.7 Å². The number of hydrogen-bond donors (Lipinski definition) is 1. The Labute approximate surface area is 130 Å². The van der Waals surface area contributed by atoms with Crippen LogP contribution in [0, 0.1) is 0 Å². The smallest absolute Gasteiger partial charge is 0.161 e. The van der Waals surface area contributed by atoms with Crippen LogP contribution in [-0.4, -0.2) is 50.6 Å². The van der Waals surface area contributed by atoms with Crippen molar-refractivity contribution in [2.75, 3.05) is 45.3 Å². The van der Waals surface area contributed by atoms with Crippen molar-refractivity contribution in [3.05, 3.63) is 30.3 Å². The van der Waals surface area contributed by atoms with Crippen molar-refractivity contribution < 1.29 is 9.47 Å². The highest BCUT2D eigenvalue weighted by Crippen LogP contribution is 2.31. The summed E-state index contributed by atoms with van der Waals surface area (Å²) in [5, 5.41) is 12.0.